The second-order valence-corrected chi connectivity index (χ2v) is 6.54. The molecule has 0 saturated carbocycles. The zero-order valence-electron chi connectivity index (χ0n) is 13.0. The third kappa shape index (κ3) is 4.08. The number of amides is 1. The van der Waals surface area contributed by atoms with Crippen molar-refractivity contribution in [3.05, 3.63) is 34.9 Å². The number of likely N-dealkylation sites (tertiary alicyclic amines) is 1. The van der Waals surface area contributed by atoms with Gasteiger partial charge in [-0.2, -0.15) is 0 Å². The van der Waals surface area contributed by atoms with E-state index in [1.165, 1.54) is 0 Å². The van der Waals surface area contributed by atoms with Crippen LogP contribution >= 0.6 is 11.6 Å². The summed E-state index contributed by atoms with van der Waals surface area (Å²) in [5, 5.41) is 10.2. The molecule has 0 aliphatic carbocycles. The fraction of sp³-hybridized carbons (Fsp3) is 0.529. The Morgan fingerprint density at radius 3 is 2.50 bits per heavy atom. The van der Waals surface area contributed by atoms with Gasteiger partial charge in [-0.05, 0) is 37.6 Å². The summed E-state index contributed by atoms with van der Waals surface area (Å²) < 4.78 is 0. The van der Waals surface area contributed by atoms with Crippen LogP contribution in [-0.4, -0.2) is 40.9 Å². The maximum absolute atomic E-state index is 12.3. The number of hydrogen-bond acceptors (Lipinski definition) is 3. The standard InChI is InChI=1S/C17H22ClNO3/c1-11(17(22)13-3-5-15(18)6-4-13)9-16(21)19-8-7-14(10-19)12(2)20/h3-6,11-12,14,20H,7-10H2,1-2H3. The maximum atomic E-state index is 12.3. The number of aliphatic hydroxyl groups is 1. The molecule has 1 aromatic rings. The lowest BCUT2D eigenvalue weighted by Crippen LogP contribution is -2.32. The van der Waals surface area contributed by atoms with Gasteiger partial charge in [0.1, 0.15) is 0 Å². The van der Waals surface area contributed by atoms with Crippen LogP contribution in [0.4, 0.5) is 0 Å². The molecule has 1 saturated heterocycles. The van der Waals surface area contributed by atoms with Gasteiger partial charge in [0.05, 0.1) is 6.10 Å². The molecule has 1 N–H and O–H groups in total. The van der Waals surface area contributed by atoms with E-state index in [0.717, 1.165) is 6.42 Å². The smallest absolute Gasteiger partial charge is 0.223 e. The first-order valence-electron chi connectivity index (χ1n) is 7.64. The van der Waals surface area contributed by atoms with Gasteiger partial charge in [-0.25, -0.2) is 0 Å². The molecule has 2 rings (SSSR count). The molecule has 1 amide bonds. The monoisotopic (exact) mass is 323 g/mol. The predicted octanol–water partition coefficient (Wildman–Crippen LogP) is 2.78. The van der Waals surface area contributed by atoms with Crippen LogP contribution in [0.3, 0.4) is 0 Å². The summed E-state index contributed by atoms with van der Waals surface area (Å²) in [6, 6.07) is 6.73. The summed E-state index contributed by atoms with van der Waals surface area (Å²) in [5.74, 6) is -0.278. The molecule has 4 nitrogen and oxygen atoms in total. The lowest BCUT2D eigenvalue weighted by Gasteiger charge is -2.19. The van der Waals surface area contributed by atoms with E-state index >= 15 is 0 Å². The first-order chi connectivity index (χ1) is 10.4. The molecule has 120 valence electrons. The molecule has 3 unspecified atom stereocenters. The van der Waals surface area contributed by atoms with Gasteiger partial charge in [0.25, 0.3) is 0 Å². The van der Waals surface area contributed by atoms with Crippen molar-refractivity contribution in [2.24, 2.45) is 11.8 Å². The normalized spacial score (nSPS) is 20.7. The number of nitrogens with zero attached hydrogens (tertiary/aromatic N) is 1. The van der Waals surface area contributed by atoms with E-state index in [4.69, 9.17) is 11.6 Å². The maximum Gasteiger partial charge on any atom is 0.223 e. The summed E-state index contributed by atoms with van der Waals surface area (Å²) >= 11 is 5.81. The average Bonchev–Trinajstić information content (AvgIpc) is 2.97. The predicted molar refractivity (Wildman–Crippen MR) is 85.9 cm³/mol. The van der Waals surface area contributed by atoms with Gasteiger partial charge in [0, 0.05) is 41.9 Å². The highest BCUT2D eigenvalue weighted by molar-refractivity contribution is 6.30. The Hall–Kier alpha value is -1.39. The molecule has 1 aliphatic rings. The number of rotatable bonds is 5. The number of carbonyl (C=O) groups excluding carboxylic acids is 2. The van der Waals surface area contributed by atoms with E-state index in [1.807, 2.05) is 0 Å². The lowest BCUT2D eigenvalue weighted by atomic mass is 9.96. The SMILES string of the molecule is CC(CC(=O)N1CCC(C(C)O)C1)C(=O)c1ccc(Cl)cc1. The fourth-order valence-corrected chi connectivity index (χ4v) is 2.92. The van der Waals surface area contributed by atoms with Crippen molar-refractivity contribution in [1.29, 1.82) is 0 Å². The summed E-state index contributed by atoms with van der Waals surface area (Å²) in [4.78, 5) is 26.4. The minimum atomic E-state index is -0.397. The topological polar surface area (TPSA) is 57.6 Å². The highest BCUT2D eigenvalue weighted by atomic mass is 35.5. The third-order valence-corrected chi connectivity index (χ3v) is 4.57. The van der Waals surface area contributed by atoms with Crippen LogP contribution in [0.1, 0.15) is 37.0 Å². The molecular weight excluding hydrogens is 302 g/mol. The van der Waals surface area contributed by atoms with E-state index in [1.54, 1.807) is 43.0 Å². The van der Waals surface area contributed by atoms with Crippen molar-refractivity contribution >= 4 is 23.3 Å². The Kier molecular flexibility index (Phi) is 5.59. The van der Waals surface area contributed by atoms with Crippen molar-refractivity contribution < 1.29 is 14.7 Å². The second kappa shape index (κ2) is 7.25. The summed E-state index contributed by atoms with van der Waals surface area (Å²) in [6.45, 7) is 4.77. The average molecular weight is 324 g/mol. The Morgan fingerprint density at radius 1 is 1.32 bits per heavy atom. The van der Waals surface area contributed by atoms with Crippen molar-refractivity contribution in [2.75, 3.05) is 13.1 Å². The van der Waals surface area contributed by atoms with Gasteiger partial charge in [-0.15, -0.1) is 0 Å². The molecule has 1 aliphatic heterocycles. The van der Waals surface area contributed by atoms with Crippen molar-refractivity contribution in [1.82, 2.24) is 4.90 Å². The second-order valence-electron chi connectivity index (χ2n) is 6.11. The Morgan fingerprint density at radius 2 is 1.95 bits per heavy atom. The number of benzene rings is 1. The summed E-state index contributed by atoms with van der Waals surface area (Å²) in [5.41, 5.74) is 0.577. The van der Waals surface area contributed by atoms with Crippen LogP contribution in [0, 0.1) is 11.8 Å². The minimum Gasteiger partial charge on any atom is -0.393 e. The molecule has 0 aromatic heterocycles. The first-order valence-corrected chi connectivity index (χ1v) is 8.02. The number of ketones is 1. The minimum absolute atomic E-state index is 0.0158. The molecule has 1 heterocycles. The zero-order chi connectivity index (χ0) is 16.3. The van der Waals surface area contributed by atoms with Gasteiger partial charge in [0.15, 0.2) is 5.78 Å². The Balaban J connectivity index is 1.91. The van der Waals surface area contributed by atoms with E-state index in [9.17, 15) is 14.7 Å². The van der Waals surface area contributed by atoms with Crippen molar-refractivity contribution in [3.63, 3.8) is 0 Å². The van der Waals surface area contributed by atoms with Gasteiger partial charge in [0.2, 0.25) is 5.91 Å². The van der Waals surface area contributed by atoms with Crippen LogP contribution in [0.2, 0.25) is 5.02 Å². The van der Waals surface area contributed by atoms with E-state index < -0.39 is 6.10 Å². The van der Waals surface area contributed by atoms with Crippen LogP contribution in [0.15, 0.2) is 24.3 Å². The molecule has 0 radical (unpaired) electrons. The molecule has 5 heteroatoms. The zero-order valence-corrected chi connectivity index (χ0v) is 13.7. The van der Waals surface area contributed by atoms with Crippen LogP contribution in [0.5, 0.6) is 0 Å². The van der Waals surface area contributed by atoms with Crippen LogP contribution in [0.25, 0.3) is 0 Å². The summed E-state index contributed by atoms with van der Waals surface area (Å²) in [6.07, 6.45) is 0.627. The van der Waals surface area contributed by atoms with Crippen molar-refractivity contribution in [2.45, 2.75) is 32.8 Å². The van der Waals surface area contributed by atoms with Crippen molar-refractivity contribution in [3.8, 4) is 0 Å². The number of aliphatic hydroxyl groups excluding tert-OH is 1. The van der Waals surface area contributed by atoms with Crippen LogP contribution < -0.4 is 0 Å². The molecule has 0 spiro atoms. The summed E-state index contributed by atoms with van der Waals surface area (Å²) in [7, 11) is 0. The van der Waals surface area contributed by atoms with E-state index in [2.05, 4.69) is 0 Å². The highest BCUT2D eigenvalue weighted by Gasteiger charge is 2.30. The van der Waals surface area contributed by atoms with E-state index in [0.29, 0.717) is 23.7 Å². The quantitative estimate of drug-likeness (QED) is 0.848. The lowest BCUT2D eigenvalue weighted by molar-refractivity contribution is -0.131. The van der Waals surface area contributed by atoms with Gasteiger partial charge >= 0.3 is 0 Å². The number of hydrogen-bond donors (Lipinski definition) is 1. The van der Waals surface area contributed by atoms with Gasteiger partial charge in [-0.1, -0.05) is 18.5 Å². The molecule has 22 heavy (non-hydrogen) atoms. The van der Waals surface area contributed by atoms with Gasteiger partial charge < -0.3 is 10.0 Å². The fourth-order valence-electron chi connectivity index (χ4n) is 2.79. The highest BCUT2D eigenvalue weighted by Crippen LogP contribution is 2.22. The van der Waals surface area contributed by atoms with Gasteiger partial charge in [-0.3, -0.25) is 9.59 Å². The molecule has 1 fully saturated rings. The molecule has 3 atom stereocenters. The van der Waals surface area contributed by atoms with E-state index in [-0.39, 0.29) is 29.9 Å². The molecule has 1 aromatic carbocycles. The van der Waals surface area contributed by atoms with Crippen LogP contribution in [-0.2, 0) is 4.79 Å². The Labute approximate surface area is 136 Å². The number of halogens is 1. The number of carbonyl (C=O) groups is 2. The number of Topliss-reactive ketones (excluding diaryl/α,β-unsaturated/α-hetero) is 1. The molecule has 0 bridgehead atoms. The largest absolute Gasteiger partial charge is 0.393 e. The Bertz CT molecular complexity index is 541. The molecular formula is C17H22ClNO3. The first kappa shape index (κ1) is 17.0. The third-order valence-electron chi connectivity index (χ3n) is 4.32.